The highest BCUT2D eigenvalue weighted by molar-refractivity contribution is 5.68. The van der Waals surface area contributed by atoms with E-state index in [9.17, 15) is 0 Å². The summed E-state index contributed by atoms with van der Waals surface area (Å²) < 4.78 is 5.81. The van der Waals surface area contributed by atoms with Crippen molar-refractivity contribution in [3.8, 4) is 6.07 Å². The van der Waals surface area contributed by atoms with Gasteiger partial charge >= 0.3 is 0 Å². The summed E-state index contributed by atoms with van der Waals surface area (Å²) in [5, 5.41) is 12.0. The van der Waals surface area contributed by atoms with Crippen molar-refractivity contribution in [2.45, 2.75) is 38.2 Å². The number of pyridine rings is 1. The largest absolute Gasteiger partial charge is 0.395 e. The molecule has 1 aliphatic carbocycles. The van der Waals surface area contributed by atoms with E-state index >= 15 is 0 Å². The van der Waals surface area contributed by atoms with Gasteiger partial charge in [0.15, 0.2) is 5.82 Å². The second-order valence-electron chi connectivity index (χ2n) is 4.79. The van der Waals surface area contributed by atoms with Gasteiger partial charge in [-0.25, -0.2) is 4.98 Å². The molecule has 0 bridgehead atoms. The van der Waals surface area contributed by atoms with Crippen molar-refractivity contribution >= 4 is 11.5 Å². The number of nitrogen functional groups attached to an aromatic ring is 1. The standard InChI is InChI=1S/C14H20N4O/c15-10-11-6-7-17-14(13(11)16)18-8-9-19-12-4-2-1-3-5-12/h6-7,12H,1-5,8-9,16H2,(H,17,18). The number of nitrogens with zero attached hydrogens (tertiary/aromatic N) is 2. The van der Waals surface area contributed by atoms with Crippen LogP contribution in [0.3, 0.4) is 0 Å². The Morgan fingerprint density at radius 2 is 2.21 bits per heavy atom. The topological polar surface area (TPSA) is 84.0 Å². The molecule has 19 heavy (non-hydrogen) atoms. The molecule has 1 saturated carbocycles. The second kappa shape index (κ2) is 6.95. The minimum atomic E-state index is 0.405. The third kappa shape index (κ3) is 3.83. The lowest BCUT2D eigenvalue weighted by Crippen LogP contribution is -2.21. The highest BCUT2D eigenvalue weighted by Crippen LogP contribution is 2.21. The summed E-state index contributed by atoms with van der Waals surface area (Å²) in [6.07, 6.45) is 8.22. The molecule has 1 fully saturated rings. The van der Waals surface area contributed by atoms with Gasteiger partial charge in [-0.15, -0.1) is 0 Å². The average molecular weight is 260 g/mol. The Balaban J connectivity index is 1.75. The van der Waals surface area contributed by atoms with E-state index in [1.54, 1.807) is 12.3 Å². The van der Waals surface area contributed by atoms with Crippen LogP contribution in [0.4, 0.5) is 11.5 Å². The predicted molar refractivity (Wildman–Crippen MR) is 74.7 cm³/mol. The Morgan fingerprint density at radius 3 is 2.95 bits per heavy atom. The summed E-state index contributed by atoms with van der Waals surface area (Å²) in [5.74, 6) is 0.561. The minimum absolute atomic E-state index is 0.405. The molecule has 1 heterocycles. The number of nitrogens with one attached hydrogen (secondary N) is 1. The first kappa shape index (κ1) is 13.6. The molecule has 5 nitrogen and oxygen atoms in total. The maximum Gasteiger partial charge on any atom is 0.150 e. The zero-order chi connectivity index (χ0) is 13.5. The van der Waals surface area contributed by atoms with Crippen molar-refractivity contribution in [1.29, 1.82) is 5.26 Å². The van der Waals surface area contributed by atoms with Gasteiger partial charge in [-0.05, 0) is 18.9 Å². The molecule has 0 saturated heterocycles. The molecule has 0 aromatic carbocycles. The Kier molecular flexibility index (Phi) is 4.99. The van der Waals surface area contributed by atoms with Gasteiger partial charge in [0.2, 0.25) is 0 Å². The summed E-state index contributed by atoms with van der Waals surface area (Å²) in [7, 11) is 0. The summed E-state index contributed by atoms with van der Waals surface area (Å²) in [5.41, 5.74) is 6.69. The fourth-order valence-electron chi connectivity index (χ4n) is 2.34. The number of anilines is 2. The highest BCUT2D eigenvalue weighted by Gasteiger charge is 2.13. The molecule has 1 aliphatic rings. The third-order valence-corrected chi connectivity index (χ3v) is 3.41. The molecule has 0 radical (unpaired) electrons. The van der Waals surface area contributed by atoms with E-state index in [2.05, 4.69) is 10.3 Å². The fraction of sp³-hybridized carbons (Fsp3) is 0.571. The number of rotatable bonds is 5. The number of hydrogen-bond donors (Lipinski definition) is 2. The molecule has 0 amide bonds. The van der Waals surface area contributed by atoms with Gasteiger partial charge in [0, 0.05) is 12.7 Å². The number of ether oxygens (including phenoxy) is 1. The lowest BCUT2D eigenvalue weighted by molar-refractivity contribution is 0.0347. The van der Waals surface area contributed by atoms with E-state index < -0.39 is 0 Å². The molecule has 0 unspecified atom stereocenters. The van der Waals surface area contributed by atoms with Gasteiger partial charge in [0.25, 0.3) is 0 Å². The summed E-state index contributed by atoms with van der Waals surface area (Å²) in [4.78, 5) is 4.13. The molecule has 1 aromatic heterocycles. The van der Waals surface area contributed by atoms with Crippen molar-refractivity contribution < 1.29 is 4.74 Å². The second-order valence-corrected chi connectivity index (χ2v) is 4.79. The smallest absolute Gasteiger partial charge is 0.150 e. The third-order valence-electron chi connectivity index (χ3n) is 3.41. The van der Waals surface area contributed by atoms with Gasteiger partial charge in [-0.3, -0.25) is 0 Å². The van der Waals surface area contributed by atoms with E-state index in [0.717, 1.165) is 0 Å². The molecular weight excluding hydrogens is 240 g/mol. The maximum atomic E-state index is 8.87. The van der Waals surface area contributed by atoms with Crippen LogP contribution in [0.25, 0.3) is 0 Å². The Bertz CT molecular complexity index is 449. The average Bonchev–Trinajstić information content (AvgIpc) is 2.46. The van der Waals surface area contributed by atoms with Gasteiger partial charge in [0.1, 0.15) is 6.07 Å². The molecule has 5 heteroatoms. The number of nitriles is 1. The monoisotopic (exact) mass is 260 g/mol. The molecule has 1 aromatic rings. The fourth-order valence-corrected chi connectivity index (χ4v) is 2.34. The van der Waals surface area contributed by atoms with Crippen molar-refractivity contribution in [3.63, 3.8) is 0 Å². The van der Waals surface area contributed by atoms with Crippen LogP contribution in [-0.4, -0.2) is 24.2 Å². The van der Waals surface area contributed by atoms with E-state index in [4.69, 9.17) is 15.7 Å². The van der Waals surface area contributed by atoms with Gasteiger partial charge in [-0.1, -0.05) is 19.3 Å². The molecule has 0 aliphatic heterocycles. The van der Waals surface area contributed by atoms with Crippen LogP contribution in [-0.2, 0) is 4.74 Å². The Labute approximate surface area is 113 Å². The lowest BCUT2D eigenvalue weighted by atomic mass is 9.98. The van der Waals surface area contributed by atoms with Crippen LogP contribution >= 0.6 is 0 Å². The minimum Gasteiger partial charge on any atom is -0.395 e. The SMILES string of the molecule is N#Cc1ccnc(NCCOC2CCCCC2)c1N. The maximum absolute atomic E-state index is 8.87. The first-order valence-corrected chi connectivity index (χ1v) is 6.81. The van der Waals surface area contributed by atoms with Crippen LogP contribution in [0.15, 0.2) is 12.3 Å². The van der Waals surface area contributed by atoms with E-state index in [1.807, 2.05) is 6.07 Å². The van der Waals surface area contributed by atoms with Crippen molar-refractivity contribution in [2.24, 2.45) is 0 Å². The van der Waals surface area contributed by atoms with Crippen molar-refractivity contribution in [3.05, 3.63) is 17.8 Å². The summed E-state index contributed by atoms with van der Waals surface area (Å²) in [6, 6.07) is 3.65. The van der Waals surface area contributed by atoms with Crippen LogP contribution in [0, 0.1) is 11.3 Å². The van der Waals surface area contributed by atoms with E-state index in [-0.39, 0.29) is 0 Å². The Hall–Kier alpha value is -1.80. The highest BCUT2D eigenvalue weighted by atomic mass is 16.5. The summed E-state index contributed by atoms with van der Waals surface area (Å²) >= 11 is 0. The van der Waals surface area contributed by atoms with E-state index in [1.165, 1.54) is 32.1 Å². The van der Waals surface area contributed by atoms with Crippen molar-refractivity contribution in [2.75, 3.05) is 24.2 Å². The normalized spacial score (nSPS) is 15.9. The predicted octanol–water partition coefficient (Wildman–Crippen LogP) is 2.30. The van der Waals surface area contributed by atoms with Crippen LogP contribution < -0.4 is 11.1 Å². The van der Waals surface area contributed by atoms with Crippen LogP contribution in [0.1, 0.15) is 37.7 Å². The zero-order valence-electron chi connectivity index (χ0n) is 11.1. The van der Waals surface area contributed by atoms with Crippen LogP contribution in [0.5, 0.6) is 0 Å². The first-order chi connectivity index (χ1) is 9.31. The van der Waals surface area contributed by atoms with E-state index in [0.29, 0.717) is 36.3 Å². The zero-order valence-corrected chi connectivity index (χ0v) is 11.1. The van der Waals surface area contributed by atoms with Gasteiger partial charge in [0.05, 0.1) is 24.0 Å². The number of hydrogen-bond acceptors (Lipinski definition) is 5. The molecule has 0 atom stereocenters. The number of aromatic nitrogens is 1. The molecule has 102 valence electrons. The quantitative estimate of drug-likeness (QED) is 0.793. The van der Waals surface area contributed by atoms with Gasteiger partial charge in [-0.2, -0.15) is 5.26 Å². The van der Waals surface area contributed by atoms with Crippen LogP contribution in [0.2, 0.25) is 0 Å². The summed E-state index contributed by atoms with van der Waals surface area (Å²) in [6.45, 7) is 1.30. The lowest BCUT2D eigenvalue weighted by Gasteiger charge is -2.22. The molecule has 2 rings (SSSR count). The molecular formula is C14H20N4O. The Morgan fingerprint density at radius 1 is 1.42 bits per heavy atom. The first-order valence-electron chi connectivity index (χ1n) is 6.81. The number of nitrogens with two attached hydrogens (primary N) is 1. The van der Waals surface area contributed by atoms with Gasteiger partial charge < -0.3 is 15.8 Å². The molecule has 0 spiro atoms. The van der Waals surface area contributed by atoms with Crippen molar-refractivity contribution in [1.82, 2.24) is 4.98 Å². The molecule has 3 N–H and O–H groups in total.